The summed E-state index contributed by atoms with van der Waals surface area (Å²) in [5, 5.41) is 9.01. The number of rotatable bonds is 5. The predicted octanol–water partition coefficient (Wildman–Crippen LogP) is 2.70. The highest BCUT2D eigenvalue weighted by Crippen LogP contribution is 2.31. The lowest BCUT2D eigenvalue weighted by atomic mass is 10.0. The van der Waals surface area contributed by atoms with Crippen LogP contribution in [0.4, 0.5) is 5.95 Å². The third-order valence-corrected chi connectivity index (χ3v) is 6.22. The first-order valence-electron chi connectivity index (χ1n) is 9.81. The molecule has 1 aliphatic rings. The van der Waals surface area contributed by atoms with Crippen molar-refractivity contribution in [3.8, 4) is 28.3 Å². The maximum atomic E-state index is 11.8. The predicted molar refractivity (Wildman–Crippen MR) is 119 cm³/mol. The second-order valence-corrected chi connectivity index (χ2v) is 8.69. The van der Waals surface area contributed by atoms with Crippen molar-refractivity contribution in [3.63, 3.8) is 0 Å². The lowest BCUT2D eigenvalue weighted by Crippen LogP contribution is -2.45. The van der Waals surface area contributed by atoms with Crippen molar-refractivity contribution >= 4 is 17.1 Å². The number of aromatic nitrogens is 3. The number of hydrogen-bond acceptors (Lipinski definition) is 7. The van der Waals surface area contributed by atoms with Crippen LogP contribution in [0.2, 0.25) is 0 Å². The number of benzene rings is 2. The molecule has 1 unspecified atom stereocenters. The van der Waals surface area contributed by atoms with E-state index >= 15 is 0 Å². The van der Waals surface area contributed by atoms with Crippen molar-refractivity contribution in [1.82, 2.24) is 20.1 Å². The van der Waals surface area contributed by atoms with E-state index in [4.69, 9.17) is 9.72 Å². The normalized spacial score (nSPS) is 15.8. The Balaban J connectivity index is 1.76. The van der Waals surface area contributed by atoms with E-state index in [-0.39, 0.29) is 0 Å². The van der Waals surface area contributed by atoms with E-state index in [1.807, 2.05) is 48.5 Å². The van der Waals surface area contributed by atoms with Gasteiger partial charge in [0.05, 0.1) is 7.11 Å². The van der Waals surface area contributed by atoms with Crippen molar-refractivity contribution in [3.05, 3.63) is 48.5 Å². The number of nitrogens with zero attached hydrogens (tertiary/aromatic N) is 5. The van der Waals surface area contributed by atoms with Crippen molar-refractivity contribution in [1.29, 1.82) is 0 Å². The lowest BCUT2D eigenvalue weighted by molar-refractivity contribution is 0.311. The fourth-order valence-corrected chi connectivity index (χ4v) is 3.93. The zero-order valence-corrected chi connectivity index (χ0v) is 18.2. The van der Waals surface area contributed by atoms with E-state index < -0.39 is 11.2 Å². The third-order valence-electron chi connectivity index (χ3n) is 5.28. The number of likely N-dealkylation sites (N-methyl/N-ethyl adjacent to an activating group) is 1. The summed E-state index contributed by atoms with van der Waals surface area (Å²) in [5.74, 6) is 1.42. The van der Waals surface area contributed by atoms with Crippen LogP contribution in [0.5, 0.6) is 5.75 Å². The molecule has 0 amide bonds. The van der Waals surface area contributed by atoms with E-state index in [0.29, 0.717) is 11.6 Å². The minimum atomic E-state index is -1.03. The zero-order chi connectivity index (χ0) is 21.1. The molecule has 1 saturated heterocycles. The summed E-state index contributed by atoms with van der Waals surface area (Å²) in [4.78, 5) is 10.2. The highest BCUT2D eigenvalue weighted by atomic mass is 32.2. The average molecular weight is 424 g/mol. The lowest BCUT2D eigenvalue weighted by Gasteiger charge is -2.32. The monoisotopic (exact) mass is 423 g/mol. The Kier molecular flexibility index (Phi) is 6.17. The second kappa shape index (κ2) is 8.99. The van der Waals surface area contributed by atoms with Gasteiger partial charge in [-0.15, -0.1) is 10.2 Å². The first kappa shape index (κ1) is 20.6. The van der Waals surface area contributed by atoms with Gasteiger partial charge in [0.25, 0.3) is 0 Å². The van der Waals surface area contributed by atoms with E-state index in [0.717, 1.165) is 53.6 Å². The minimum absolute atomic E-state index is 0.638. The molecule has 4 rings (SSSR count). The van der Waals surface area contributed by atoms with Gasteiger partial charge in [-0.2, -0.15) is 0 Å². The van der Waals surface area contributed by atoms with Crippen LogP contribution < -0.4 is 9.64 Å². The van der Waals surface area contributed by atoms with Gasteiger partial charge in [-0.05, 0) is 66.8 Å². The zero-order valence-electron chi connectivity index (χ0n) is 17.4. The molecule has 0 radical (unpaired) electrons. The van der Waals surface area contributed by atoms with Crippen LogP contribution in [0.25, 0.3) is 22.5 Å². The number of ether oxygens (including phenoxy) is 1. The molecule has 0 saturated carbocycles. The molecule has 1 atom stereocenters. The van der Waals surface area contributed by atoms with Crippen molar-refractivity contribution in [2.45, 2.75) is 4.90 Å². The van der Waals surface area contributed by atoms with Crippen molar-refractivity contribution in [2.24, 2.45) is 0 Å². The van der Waals surface area contributed by atoms with Crippen molar-refractivity contribution < 1.29 is 9.29 Å². The van der Waals surface area contributed by atoms with Gasteiger partial charge in [-0.3, -0.25) is 0 Å². The molecule has 1 fully saturated rings. The summed E-state index contributed by atoms with van der Waals surface area (Å²) in [6.45, 7) is 3.67. The van der Waals surface area contributed by atoms with Crippen LogP contribution >= 0.6 is 0 Å². The van der Waals surface area contributed by atoms with E-state index in [9.17, 15) is 4.55 Å². The molecule has 0 bridgehead atoms. The summed E-state index contributed by atoms with van der Waals surface area (Å²) >= 11 is -1.03. The van der Waals surface area contributed by atoms with Gasteiger partial charge in [-0.1, -0.05) is 0 Å². The SMILES string of the molecule is COc1ccc(-c2nnc(N3CCN(C)CC3)nc2-c2ccc([S+](C)[O-])cc2)cc1. The Morgan fingerprint density at radius 3 is 2.07 bits per heavy atom. The fraction of sp³-hybridized carbons (Fsp3) is 0.318. The van der Waals surface area contributed by atoms with Gasteiger partial charge < -0.3 is 19.1 Å². The van der Waals surface area contributed by atoms with Crippen LogP contribution in [0.3, 0.4) is 0 Å². The Morgan fingerprint density at radius 1 is 0.867 bits per heavy atom. The highest BCUT2D eigenvalue weighted by molar-refractivity contribution is 7.90. The van der Waals surface area contributed by atoms with Gasteiger partial charge in [0.15, 0.2) is 4.90 Å². The Morgan fingerprint density at radius 2 is 1.47 bits per heavy atom. The summed E-state index contributed by atoms with van der Waals surface area (Å²) in [6, 6.07) is 15.4. The van der Waals surface area contributed by atoms with Gasteiger partial charge in [0, 0.05) is 37.3 Å². The second-order valence-electron chi connectivity index (χ2n) is 7.31. The molecule has 2 aromatic carbocycles. The Hall–Kier alpha value is -2.68. The standard InChI is InChI=1S/C22H25N5O2S/c1-26-12-14-27(15-13-26)22-23-20(16-6-10-19(11-7-16)30(3)28)21(24-25-22)17-4-8-18(29-2)9-5-17/h4-11H,12-15H2,1-3H3. The maximum Gasteiger partial charge on any atom is 0.246 e. The van der Waals surface area contributed by atoms with Crippen molar-refractivity contribution in [2.75, 3.05) is 51.5 Å². The maximum absolute atomic E-state index is 11.8. The Bertz CT molecular complexity index is 987. The van der Waals surface area contributed by atoms with Gasteiger partial charge in [0.2, 0.25) is 5.95 Å². The smallest absolute Gasteiger partial charge is 0.246 e. The Labute approximate surface area is 179 Å². The molecular formula is C22H25N5O2S. The quantitative estimate of drug-likeness (QED) is 0.584. The van der Waals surface area contributed by atoms with Gasteiger partial charge >= 0.3 is 0 Å². The van der Waals surface area contributed by atoms with Gasteiger partial charge in [-0.25, -0.2) is 4.98 Å². The van der Waals surface area contributed by atoms with E-state index in [1.165, 1.54) is 0 Å². The minimum Gasteiger partial charge on any atom is -0.612 e. The first-order chi connectivity index (χ1) is 14.5. The summed E-state index contributed by atoms with van der Waals surface area (Å²) < 4.78 is 17.1. The molecule has 1 aliphatic heterocycles. The van der Waals surface area contributed by atoms with E-state index in [2.05, 4.69) is 27.0 Å². The first-order valence-corrected chi connectivity index (χ1v) is 11.4. The van der Waals surface area contributed by atoms with Crippen LogP contribution in [-0.2, 0) is 11.2 Å². The highest BCUT2D eigenvalue weighted by Gasteiger charge is 2.20. The fourth-order valence-electron chi connectivity index (χ4n) is 3.41. The molecule has 0 N–H and O–H groups in total. The number of piperazine rings is 1. The molecule has 3 aromatic rings. The molecule has 2 heterocycles. The molecule has 0 spiro atoms. The number of methoxy groups -OCH3 is 1. The van der Waals surface area contributed by atoms with E-state index in [1.54, 1.807) is 13.4 Å². The molecule has 30 heavy (non-hydrogen) atoms. The van der Waals surface area contributed by atoms with Crippen LogP contribution in [0.1, 0.15) is 0 Å². The summed E-state index contributed by atoms with van der Waals surface area (Å²) in [6.07, 6.45) is 1.68. The van der Waals surface area contributed by atoms with Gasteiger partial charge in [0.1, 0.15) is 23.4 Å². The third kappa shape index (κ3) is 4.40. The van der Waals surface area contributed by atoms with Crippen LogP contribution in [0, 0.1) is 0 Å². The topological polar surface area (TPSA) is 77.4 Å². The summed E-state index contributed by atoms with van der Waals surface area (Å²) in [7, 11) is 3.76. The molecular weight excluding hydrogens is 398 g/mol. The number of hydrogen-bond donors (Lipinski definition) is 0. The number of anilines is 1. The largest absolute Gasteiger partial charge is 0.612 e. The molecule has 7 nitrogen and oxygen atoms in total. The molecule has 0 aliphatic carbocycles. The molecule has 1 aromatic heterocycles. The average Bonchev–Trinajstić information content (AvgIpc) is 2.79. The molecule has 8 heteroatoms. The van der Waals surface area contributed by atoms with Crippen LogP contribution in [-0.4, -0.2) is 71.2 Å². The summed E-state index contributed by atoms with van der Waals surface area (Å²) in [5.41, 5.74) is 3.30. The molecule has 156 valence electrons. The van der Waals surface area contributed by atoms with Crippen LogP contribution in [0.15, 0.2) is 53.4 Å².